The maximum Gasteiger partial charge on any atom is 0.401 e. The molecule has 5 rings (SSSR count). The smallest absolute Gasteiger partial charge is 0.401 e. The Morgan fingerprint density at radius 1 is 1.00 bits per heavy atom. The van der Waals surface area contributed by atoms with Gasteiger partial charge in [-0.25, -0.2) is 0 Å². The van der Waals surface area contributed by atoms with Crippen LogP contribution >= 0.6 is 0 Å². The molecule has 0 saturated carbocycles. The Labute approximate surface area is 237 Å². The standard InChI is InChI=1S/C30H26F3NO8/c1-42-19-9-5-8-16-22(19)28(40)24-23(25(16)37)26(38)17-10-29(41,11-18(35)21(17)27(24)39)20(36)13-34(14-30(31,32)33)12-15-6-3-2-4-7-15/h2-9,18,35,38-39,41H,10-14H2,1H3. The van der Waals surface area contributed by atoms with E-state index in [0.717, 1.165) is 4.90 Å². The van der Waals surface area contributed by atoms with E-state index in [1.807, 2.05) is 0 Å². The van der Waals surface area contributed by atoms with E-state index in [1.54, 1.807) is 30.3 Å². The monoisotopic (exact) mass is 585 g/mol. The first kappa shape index (κ1) is 29.2. The summed E-state index contributed by atoms with van der Waals surface area (Å²) < 4.78 is 45.2. The number of carbonyl (C=O) groups is 3. The third-order valence-corrected chi connectivity index (χ3v) is 7.63. The van der Waals surface area contributed by atoms with Gasteiger partial charge in [-0.15, -0.1) is 0 Å². The van der Waals surface area contributed by atoms with E-state index in [9.17, 15) is 48.0 Å². The van der Waals surface area contributed by atoms with E-state index in [0.29, 0.717) is 5.56 Å². The van der Waals surface area contributed by atoms with Crippen molar-refractivity contribution in [2.45, 2.75) is 37.3 Å². The van der Waals surface area contributed by atoms with E-state index >= 15 is 0 Å². The minimum Gasteiger partial charge on any atom is -0.507 e. The van der Waals surface area contributed by atoms with Gasteiger partial charge in [-0.3, -0.25) is 19.3 Å². The highest BCUT2D eigenvalue weighted by molar-refractivity contribution is 6.31. The number of fused-ring (bicyclic) bond motifs is 3. The zero-order valence-electron chi connectivity index (χ0n) is 22.2. The fraction of sp³-hybridized carbons (Fsp3) is 0.300. The van der Waals surface area contributed by atoms with Gasteiger partial charge in [-0.1, -0.05) is 42.5 Å². The third-order valence-electron chi connectivity index (χ3n) is 7.63. The van der Waals surface area contributed by atoms with Crippen LogP contribution in [0.1, 0.15) is 61.1 Å². The Morgan fingerprint density at radius 3 is 2.31 bits per heavy atom. The summed E-state index contributed by atoms with van der Waals surface area (Å²) in [6.07, 6.45) is -7.95. The molecule has 42 heavy (non-hydrogen) atoms. The highest BCUT2D eigenvalue weighted by Gasteiger charge is 2.49. The van der Waals surface area contributed by atoms with Crippen molar-refractivity contribution in [1.82, 2.24) is 4.90 Å². The number of ketones is 3. The van der Waals surface area contributed by atoms with Crippen molar-refractivity contribution >= 4 is 17.3 Å². The summed E-state index contributed by atoms with van der Waals surface area (Å²) in [5.41, 5.74) is -4.11. The molecule has 0 aliphatic heterocycles. The Bertz CT molecular complexity index is 1600. The Hall–Kier alpha value is -4.26. The lowest BCUT2D eigenvalue weighted by Crippen LogP contribution is -2.50. The fourth-order valence-corrected chi connectivity index (χ4v) is 5.77. The van der Waals surface area contributed by atoms with Gasteiger partial charge in [-0.2, -0.15) is 13.2 Å². The van der Waals surface area contributed by atoms with Crippen molar-refractivity contribution in [3.05, 3.63) is 87.5 Å². The SMILES string of the molecule is COc1cccc2c1C(=O)c1c(O)c3c(c(O)c1C2=O)CC(O)(C(=O)CN(Cc1ccccc1)CC(F)(F)F)CC3O. The molecule has 0 amide bonds. The second kappa shape index (κ2) is 10.5. The van der Waals surface area contributed by atoms with E-state index in [4.69, 9.17) is 4.74 Å². The summed E-state index contributed by atoms with van der Waals surface area (Å²) in [5.74, 6) is -4.35. The minimum absolute atomic E-state index is 0.0487. The molecule has 0 aromatic heterocycles. The quantitative estimate of drug-likeness (QED) is 0.240. The summed E-state index contributed by atoms with van der Waals surface area (Å²) in [7, 11) is 1.28. The topological polar surface area (TPSA) is 145 Å². The number of methoxy groups -OCH3 is 1. The minimum atomic E-state index is -4.66. The number of nitrogens with zero attached hydrogens (tertiary/aromatic N) is 1. The molecule has 220 valence electrons. The van der Waals surface area contributed by atoms with Crippen molar-refractivity contribution in [2.75, 3.05) is 20.2 Å². The molecule has 3 aromatic carbocycles. The molecule has 0 bridgehead atoms. The van der Waals surface area contributed by atoms with Crippen LogP contribution < -0.4 is 4.74 Å². The normalized spacial score (nSPS) is 19.7. The van der Waals surface area contributed by atoms with Crippen LogP contribution in [0.15, 0.2) is 48.5 Å². The number of aliphatic hydroxyl groups is 2. The van der Waals surface area contributed by atoms with Crippen LogP contribution in [-0.4, -0.2) is 74.7 Å². The zero-order chi connectivity index (χ0) is 30.6. The van der Waals surface area contributed by atoms with E-state index in [2.05, 4.69) is 0 Å². The van der Waals surface area contributed by atoms with Gasteiger partial charge < -0.3 is 25.2 Å². The van der Waals surface area contributed by atoms with Gasteiger partial charge in [0.25, 0.3) is 0 Å². The molecule has 9 nitrogen and oxygen atoms in total. The van der Waals surface area contributed by atoms with Gasteiger partial charge in [0.2, 0.25) is 5.78 Å². The molecular formula is C30H26F3NO8. The van der Waals surface area contributed by atoms with Crippen LogP contribution in [0.4, 0.5) is 13.2 Å². The molecule has 3 aromatic rings. The molecule has 0 heterocycles. The fourth-order valence-electron chi connectivity index (χ4n) is 5.77. The first-order chi connectivity index (χ1) is 19.8. The number of Topliss-reactive ketones (excluding diaryl/α,β-unsaturated/α-hetero) is 1. The predicted molar refractivity (Wildman–Crippen MR) is 141 cm³/mol. The molecule has 0 fully saturated rings. The van der Waals surface area contributed by atoms with Crippen molar-refractivity contribution in [1.29, 1.82) is 0 Å². The lowest BCUT2D eigenvalue weighted by molar-refractivity contribution is -0.157. The van der Waals surface area contributed by atoms with Crippen molar-refractivity contribution < 1.29 is 52.7 Å². The number of rotatable bonds is 7. The predicted octanol–water partition coefficient (Wildman–Crippen LogP) is 3.23. The highest BCUT2D eigenvalue weighted by atomic mass is 19.4. The molecule has 4 N–H and O–H groups in total. The summed E-state index contributed by atoms with van der Waals surface area (Å²) in [6, 6.07) is 12.3. The molecule has 0 saturated heterocycles. The number of carbonyl (C=O) groups excluding carboxylic acids is 3. The van der Waals surface area contributed by atoms with Crippen LogP contribution in [0.25, 0.3) is 0 Å². The number of hydrogen-bond acceptors (Lipinski definition) is 9. The number of phenols is 2. The second-order valence-corrected chi connectivity index (χ2v) is 10.5. The van der Waals surface area contributed by atoms with Crippen LogP contribution in [0.3, 0.4) is 0 Å². The number of aromatic hydroxyl groups is 2. The first-order valence-electron chi connectivity index (χ1n) is 12.9. The van der Waals surface area contributed by atoms with E-state index in [-0.39, 0.29) is 34.5 Å². The van der Waals surface area contributed by atoms with Crippen LogP contribution in [0, 0.1) is 0 Å². The third kappa shape index (κ3) is 5.02. The van der Waals surface area contributed by atoms with Gasteiger partial charge in [-0.05, 0) is 11.6 Å². The lowest BCUT2D eigenvalue weighted by atomic mass is 9.72. The average molecular weight is 586 g/mol. The molecule has 2 aliphatic rings. The number of benzene rings is 3. The van der Waals surface area contributed by atoms with Crippen LogP contribution in [0.5, 0.6) is 17.2 Å². The largest absolute Gasteiger partial charge is 0.507 e. The lowest BCUT2D eigenvalue weighted by Gasteiger charge is -2.38. The van der Waals surface area contributed by atoms with Crippen LogP contribution in [0.2, 0.25) is 0 Å². The Morgan fingerprint density at radius 2 is 1.67 bits per heavy atom. The van der Waals surface area contributed by atoms with Crippen molar-refractivity contribution in [3.8, 4) is 17.2 Å². The maximum absolute atomic E-state index is 13.4. The Balaban J connectivity index is 1.52. The number of alkyl halides is 3. The van der Waals surface area contributed by atoms with Crippen molar-refractivity contribution in [2.24, 2.45) is 0 Å². The van der Waals surface area contributed by atoms with Gasteiger partial charge in [0, 0.05) is 36.1 Å². The highest BCUT2D eigenvalue weighted by Crippen LogP contribution is 2.51. The molecule has 0 radical (unpaired) electrons. The summed E-state index contributed by atoms with van der Waals surface area (Å²) in [6.45, 7) is -2.57. The van der Waals surface area contributed by atoms with Crippen LogP contribution in [-0.2, 0) is 17.8 Å². The van der Waals surface area contributed by atoms with Gasteiger partial charge in [0.05, 0.1) is 43.0 Å². The summed E-state index contributed by atoms with van der Waals surface area (Å²) >= 11 is 0. The van der Waals surface area contributed by atoms with Gasteiger partial charge >= 0.3 is 6.18 Å². The molecule has 2 aliphatic carbocycles. The van der Waals surface area contributed by atoms with Gasteiger partial charge in [0.15, 0.2) is 11.6 Å². The number of aliphatic hydroxyl groups excluding tert-OH is 1. The second-order valence-electron chi connectivity index (χ2n) is 10.5. The van der Waals surface area contributed by atoms with Crippen molar-refractivity contribution in [3.63, 3.8) is 0 Å². The number of phenolic OH excluding ortho intramolecular Hbond substituents is 2. The molecule has 2 atom stereocenters. The van der Waals surface area contributed by atoms with Gasteiger partial charge in [0.1, 0.15) is 22.8 Å². The van der Waals surface area contributed by atoms with E-state index < -0.39 is 83.8 Å². The molecule has 2 unspecified atom stereocenters. The summed E-state index contributed by atoms with van der Waals surface area (Å²) in [5, 5.41) is 44.6. The number of halogens is 3. The molecule has 12 heteroatoms. The maximum atomic E-state index is 13.4. The zero-order valence-corrected chi connectivity index (χ0v) is 22.2. The Kier molecular flexibility index (Phi) is 7.34. The average Bonchev–Trinajstić information content (AvgIpc) is 2.92. The summed E-state index contributed by atoms with van der Waals surface area (Å²) in [4.78, 5) is 41.0. The van der Waals surface area contributed by atoms with E-state index in [1.165, 1.54) is 25.3 Å². The molecular weight excluding hydrogens is 559 g/mol. The number of ether oxygens (including phenoxy) is 1. The first-order valence-corrected chi connectivity index (χ1v) is 12.9. The number of hydrogen-bond donors (Lipinski definition) is 4. The molecule has 0 spiro atoms.